The third-order valence-electron chi connectivity index (χ3n) is 2.60. The number of carbonyl (C=O) groups is 1. The van der Waals surface area contributed by atoms with Crippen molar-refractivity contribution in [3.8, 4) is 5.75 Å². The number of hydrogen-bond acceptors (Lipinski definition) is 3. The van der Waals surface area contributed by atoms with Gasteiger partial charge in [-0.1, -0.05) is 19.4 Å². The number of nitrogen functional groups attached to an aromatic ring is 1. The Morgan fingerprint density at radius 2 is 2.24 bits per heavy atom. The molecule has 4 heteroatoms. The van der Waals surface area contributed by atoms with Crippen molar-refractivity contribution in [2.45, 2.75) is 32.7 Å². The lowest BCUT2D eigenvalue weighted by molar-refractivity contribution is 0.0936. The summed E-state index contributed by atoms with van der Waals surface area (Å²) in [5.41, 5.74) is 6.66. The summed E-state index contributed by atoms with van der Waals surface area (Å²) in [6.07, 6.45) is 1.98. The van der Waals surface area contributed by atoms with E-state index in [9.17, 15) is 4.79 Å². The van der Waals surface area contributed by atoms with E-state index in [1.54, 1.807) is 18.2 Å². The molecule has 17 heavy (non-hydrogen) atoms. The monoisotopic (exact) mass is 236 g/mol. The van der Waals surface area contributed by atoms with Crippen LogP contribution in [0.4, 0.5) is 5.69 Å². The Morgan fingerprint density at radius 3 is 2.82 bits per heavy atom. The van der Waals surface area contributed by atoms with Crippen molar-refractivity contribution in [1.29, 1.82) is 0 Å². The number of nitrogens with one attached hydrogen (secondary N) is 1. The standard InChI is InChI=1S/C13H20N2O2/c1-4-6-9(2)15-13(16)12-10(14)7-5-8-11(12)17-3/h5,7-9H,4,6,14H2,1-3H3,(H,15,16). The number of nitrogens with two attached hydrogens (primary N) is 1. The molecule has 1 rings (SSSR count). The second-order valence-corrected chi connectivity index (χ2v) is 4.09. The molecule has 0 saturated carbocycles. The van der Waals surface area contributed by atoms with E-state index in [-0.39, 0.29) is 11.9 Å². The van der Waals surface area contributed by atoms with E-state index in [0.29, 0.717) is 17.0 Å². The molecule has 1 aromatic carbocycles. The SMILES string of the molecule is CCCC(C)NC(=O)c1c(N)cccc1OC. The second-order valence-electron chi connectivity index (χ2n) is 4.09. The van der Waals surface area contributed by atoms with E-state index in [1.165, 1.54) is 7.11 Å². The smallest absolute Gasteiger partial charge is 0.257 e. The van der Waals surface area contributed by atoms with Crippen LogP contribution in [0.3, 0.4) is 0 Å². The summed E-state index contributed by atoms with van der Waals surface area (Å²) >= 11 is 0. The van der Waals surface area contributed by atoms with Crippen LogP contribution in [0.25, 0.3) is 0 Å². The number of rotatable bonds is 5. The summed E-state index contributed by atoms with van der Waals surface area (Å²) in [4.78, 5) is 12.1. The van der Waals surface area contributed by atoms with Gasteiger partial charge in [-0.15, -0.1) is 0 Å². The van der Waals surface area contributed by atoms with Crippen molar-refractivity contribution in [2.24, 2.45) is 0 Å². The van der Waals surface area contributed by atoms with Crippen molar-refractivity contribution < 1.29 is 9.53 Å². The highest BCUT2D eigenvalue weighted by Crippen LogP contribution is 2.24. The molecule has 0 aliphatic heterocycles. The topological polar surface area (TPSA) is 64.4 Å². The number of ether oxygens (including phenoxy) is 1. The van der Waals surface area contributed by atoms with Gasteiger partial charge in [0, 0.05) is 11.7 Å². The van der Waals surface area contributed by atoms with Crippen LogP contribution in [0.5, 0.6) is 5.75 Å². The number of hydrogen-bond donors (Lipinski definition) is 2. The molecule has 0 aromatic heterocycles. The lowest BCUT2D eigenvalue weighted by Gasteiger charge is -2.15. The highest BCUT2D eigenvalue weighted by Gasteiger charge is 2.16. The molecule has 1 unspecified atom stereocenters. The quantitative estimate of drug-likeness (QED) is 0.770. The number of benzene rings is 1. The van der Waals surface area contributed by atoms with Gasteiger partial charge in [0.25, 0.3) is 5.91 Å². The molecule has 0 saturated heterocycles. The summed E-state index contributed by atoms with van der Waals surface area (Å²) in [7, 11) is 1.53. The van der Waals surface area contributed by atoms with Gasteiger partial charge in [0.05, 0.1) is 7.11 Å². The van der Waals surface area contributed by atoms with Crippen LogP contribution >= 0.6 is 0 Å². The first-order chi connectivity index (χ1) is 8.10. The highest BCUT2D eigenvalue weighted by molar-refractivity contribution is 6.02. The summed E-state index contributed by atoms with van der Waals surface area (Å²) in [5.74, 6) is 0.326. The van der Waals surface area contributed by atoms with Crippen LogP contribution < -0.4 is 15.8 Å². The number of amides is 1. The second kappa shape index (κ2) is 6.13. The van der Waals surface area contributed by atoms with Gasteiger partial charge in [0.1, 0.15) is 11.3 Å². The largest absolute Gasteiger partial charge is 0.496 e. The van der Waals surface area contributed by atoms with Gasteiger partial charge in [-0.3, -0.25) is 4.79 Å². The minimum Gasteiger partial charge on any atom is -0.496 e. The fourth-order valence-corrected chi connectivity index (χ4v) is 1.76. The summed E-state index contributed by atoms with van der Waals surface area (Å²) < 4.78 is 5.15. The van der Waals surface area contributed by atoms with Crippen molar-refractivity contribution in [3.63, 3.8) is 0 Å². The number of anilines is 1. The fourth-order valence-electron chi connectivity index (χ4n) is 1.76. The molecule has 4 nitrogen and oxygen atoms in total. The van der Waals surface area contributed by atoms with Gasteiger partial charge < -0.3 is 15.8 Å². The Bertz CT molecular complexity index is 391. The molecule has 1 atom stereocenters. The van der Waals surface area contributed by atoms with Gasteiger partial charge in [0.15, 0.2) is 0 Å². The average molecular weight is 236 g/mol. The van der Waals surface area contributed by atoms with Crippen molar-refractivity contribution in [1.82, 2.24) is 5.32 Å². The lowest BCUT2D eigenvalue weighted by Crippen LogP contribution is -2.33. The molecule has 0 bridgehead atoms. The molecule has 94 valence electrons. The van der Waals surface area contributed by atoms with Crippen LogP contribution in [-0.2, 0) is 0 Å². The third kappa shape index (κ3) is 3.37. The van der Waals surface area contributed by atoms with Gasteiger partial charge >= 0.3 is 0 Å². The molecule has 0 heterocycles. The van der Waals surface area contributed by atoms with Gasteiger partial charge in [-0.25, -0.2) is 0 Å². The minimum atomic E-state index is -0.180. The zero-order valence-electron chi connectivity index (χ0n) is 10.6. The first-order valence-electron chi connectivity index (χ1n) is 5.83. The van der Waals surface area contributed by atoms with E-state index in [2.05, 4.69) is 12.2 Å². The Labute approximate surface area is 102 Å². The summed E-state index contributed by atoms with van der Waals surface area (Å²) in [5, 5.41) is 2.91. The maximum Gasteiger partial charge on any atom is 0.257 e. The Kier molecular flexibility index (Phi) is 4.82. The zero-order valence-corrected chi connectivity index (χ0v) is 10.6. The van der Waals surface area contributed by atoms with E-state index >= 15 is 0 Å². The zero-order chi connectivity index (χ0) is 12.8. The van der Waals surface area contributed by atoms with Crippen LogP contribution in [-0.4, -0.2) is 19.1 Å². The molecule has 0 spiro atoms. The Balaban J connectivity index is 2.88. The molecule has 1 amide bonds. The van der Waals surface area contributed by atoms with Gasteiger partial charge in [-0.2, -0.15) is 0 Å². The summed E-state index contributed by atoms with van der Waals surface area (Å²) in [6, 6.07) is 5.33. The first-order valence-corrected chi connectivity index (χ1v) is 5.83. The van der Waals surface area contributed by atoms with Crippen LogP contribution in [0, 0.1) is 0 Å². The molecule has 1 aromatic rings. The third-order valence-corrected chi connectivity index (χ3v) is 2.60. The predicted octanol–water partition coefficient (Wildman–Crippen LogP) is 2.20. The number of carbonyl (C=O) groups excluding carboxylic acids is 1. The maximum atomic E-state index is 12.1. The van der Waals surface area contributed by atoms with E-state index in [0.717, 1.165) is 12.8 Å². The normalized spacial score (nSPS) is 11.9. The minimum absolute atomic E-state index is 0.136. The van der Waals surface area contributed by atoms with Gasteiger partial charge in [0.2, 0.25) is 0 Å². The molecule has 0 radical (unpaired) electrons. The highest BCUT2D eigenvalue weighted by atomic mass is 16.5. The average Bonchev–Trinajstić information content (AvgIpc) is 2.28. The van der Waals surface area contributed by atoms with Crippen molar-refractivity contribution >= 4 is 11.6 Å². The van der Waals surface area contributed by atoms with Crippen LogP contribution in [0.1, 0.15) is 37.0 Å². The Hall–Kier alpha value is -1.71. The number of methoxy groups -OCH3 is 1. The molecule has 0 aliphatic rings. The molecular weight excluding hydrogens is 216 g/mol. The first kappa shape index (κ1) is 13.4. The van der Waals surface area contributed by atoms with Crippen molar-refractivity contribution in [3.05, 3.63) is 23.8 Å². The molecule has 0 fully saturated rings. The van der Waals surface area contributed by atoms with Crippen molar-refractivity contribution in [2.75, 3.05) is 12.8 Å². The molecule has 0 aliphatic carbocycles. The predicted molar refractivity (Wildman–Crippen MR) is 69.2 cm³/mol. The van der Waals surface area contributed by atoms with Crippen LogP contribution in [0.15, 0.2) is 18.2 Å². The fraction of sp³-hybridized carbons (Fsp3) is 0.462. The maximum absolute atomic E-state index is 12.1. The molecular formula is C13H20N2O2. The summed E-state index contributed by atoms with van der Waals surface area (Å²) in [6.45, 7) is 4.06. The van der Waals surface area contributed by atoms with E-state index in [1.807, 2.05) is 6.92 Å². The van der Waals surface area contributed by atoms with Crippen LogP contribution in [0.2, 0.25) is 0 Å². The Morgan fingerprint density at radius 1 is 1.53 bits per heavy atom. The van der Waals surface area contributed by atoms with E-state index < -0.39 is 0 Å². The van der Waals surface area contributed by atoms with E-state index in [4.69, 9.17) is 10.5 Å². The molecule has 3 N–H and O–H groups in total. The lowest BCUT2D eigenvalue weighted by atomic mass is 10.1. The van der Waals surface area contributed by atoms with Gasteiger partial charge in [-0.05, 0) is 25.5 Å².